The van der Waals surface area contributed by atoms with Crippen molar-refractivity contribution in [1.82, 2.24) is 0 Å². The lowest BCUT2D eigenvalue weighted by atomic mass is 10.1. The zero-order valence-corrected chi connectivity index (χ0v) is 14.3. The Morgan fingerprint density at radius 3 is 2.23 bits per heavy atom. The number of rotatable bonds is 12. The van der Waals surface area contributed by atoms with Crippen LogP contribution in [-0.2, 0) is 0 Å². The number of benzene rings is 1. The lowest BCUT2D eigenvalue weighted by Crippen LogP contribution is -2.03. The summed E-state index contributed by atoms with van der Waals surface area (Å²) < 4.78 is 10.9. The van der Waals surface area contributed by atoms with Crippen molar-refractivity contribution in [3.05, 3.63) is 23.8 Å². The van der Waals surface area contributed by atoms with Gasteiger partial charge in [-0.3, -0.25) is 4.79 Å². The molecule has 0 bridgehead atoms. The Morgan fingerprint density at radius 2 is 1.64 bits per heavy atom. The van der Waals surface area contributed by atoms with Crippen LogP contribution >= 0.6 is 0 Å². The summed E-state index contributed by atoms with van der Waals surface area (Å²) in [4.78, 5) is 11.7. The highest BCUT2D eigenvalue weighted by atomic mass is 16.5. The number of methoxy groups -OCH3 is 1. The van der Waals surface area contributed by atoms with Crippen LogP contribution < -0.4 is 9.47 Å². The van der Waals surface area contributed by atoms with E-state index >= 15 is 0 Å². The Balaban J connectivity index is 2.26. The molecule has 0 aromatic heterocycles. The first-order valence-corrected chi connectivity index (χ1v) is 8.50. The number of carbonyl (C=O) groups excluding carboxylic acids is 1. The van der Waals surface area contributed by atoms with Gasteiger partial charge in [-0.1, -0.05) is 51.9 Å². The van der Waals surface area contributed by atoms with E-state index in [2.05, 4.69) is 6.92 Å². The number of unbranched alkanes of at least 4 members (excludes halogenated alkanes) is 7. The Kier molecular flexibility index (Phi) is 9.36. The zero-order chi connectivity index (χ0) is 16.2. The molecule has 22 heavy (non-hydrogen) atoms. The molecule has 3 nitrogen and oxygen atoms in total. The summed E-state index contributed by atoms with van der Waals surface area (Å²) in [6, 6.07) is 5.39. The Morgan fingerprint density at radius 1 is 1.00 bits per heavy atom. The van der Waals surface area contributed by atoms with Gasteiger partial charge in [0.05, 0.1) is 19.3 Å². The quantitative estimate of drug-likeness (QED) is 0.382. The zero-order valence-electron chi connectivity index (χ0n) is 14.3. The molecular weight excluding hydrogens is 276 g/mol. The molecule has 0 fully saturated rings. The van der Waals surface area contributed by atoms with Crippen LogP contribution in [0.25, 0.3) is 0 Å². The van der Waals surface area contributed by atoms with Crippen LogP contribution in [0.4, 0.5) is 0 Å². The molecule has 0 spiro atoms. The summed E-state index contributed by atoms with van der Waals surface area (Å²) in [5.41, 5.74) is 0.596. The SMILES string of the molecule is CCCCCCCCCCOc1ccc(OC)cc1C(C)=O. The smallest absolute Gasteiger partial charge is 0.163 e. The summed E-state index contributed by atoms with van der Waals surface area (Å²) in [6.45, 7) is 4.46. The van der Waals surface area contributed by atoms with Crippen LogP contribution in [0.2, 0.25) is 0 Å². The molecular formula is C19H30O3. The van der Waals surface area contributed by atoms with Gasteiger partial charge in [0, 0.05) is 0 Å². The third kappa shape index (κ3) is 6.97. The molecule has 0 radical (unpaired) electrons. The molecule has 1 aromatic carbocycles. The maximum absolute atomic E-state index is 11.7. The van der Waals surface area contributed by atoms with Crippen LogP contribution in [0, 0.1) is 0 Å². The largest absolute Gasteiger partial charge is 0.497 e. The molecule has 0 heterocycles. The fourth-order valence-electron chi connectivity index (χ4n) is 2.46. The first kappa shape index (κ1) is 18.5. The number of ketones is 1. The Hall–Kier alpha value is -1.51. The average Bonchev–Trinajstić information content (AvgIpc) is 2.53. The van der Waals surface area contributed by atoms with Gasteiger partial charge in [0.1, 0.15) is 11.5 Å². The van der Waals surface area contributed by atoms with Crippen LogP contribution in [0.5, 0.6) is 11.5 Å². The van der Waals surface area contributed by atoms with E-state index in [0.29, 0.717) is 23.7 Å². The maximum atomic E-state index is 11.7. The van der Waals surface area contributed by atoms with Gasteiger partial charge < -0.3 is 9.47 Å². The highest BCUT2D eigenvalue weighted by molar-refractivity contribution is 5.97. The number of carbonyl (C=O) groups is 1. The lowest BCUT2D eigenvalue weighted by molar-refractivity contribution is 0.101. The normalized spacial score (nSPS) is 10.5. The third-order valence-corrected chi connectivity index (χ3v) is 3.82. The molecule has 1 rings (SSSR count). The monoisotopic (exact) mass is 306 g/mol. The van der Waals surface area contributed by atoms with Gasteiger partial charge in [0.25, 0.3) is 0 Å². The Bertz CT molecular complexity index is 440. The van der Waals surface area contributed by atoms with Gasteiger partial charge in [-0.05, 0) is 31.5 Å². The highest BCUT2D eigenvalue weighted by Gasteiger charge is 2.10. The van der Waals surface area contributed by atoms with E-state index in [0.717, 1.165) is 6.42 Å². The highest BCUT2D eigenvalue weighted by Crippen LogP contribution is 2.25. The molecule has 0 atom stereocenters. The molecule has 0 aliphatic heterocycles. The second kappa shape index (κ2) is 11.1. The van der Waals surface area contributed by atoms with Crippen molar-refractivity contribution in [2.45, 2.75) is 65.2 Å². The number of ether oxygens (including phenoxy) is 2. The molecule has 1 aromatic rings. The van der Waals surface area contributed by atoms with E-state index < -0.39 is 0 Å². The van der Waals surface area contributed by atoms with Gasteiger partial charge in [-0.2, -0.15) is 0 Å². The minimum absolute atomic E-state index is 0.00447. The maximum Gasteiger partial charge on any atom is 0.163 e. The summed E-state index contributed by atoms with van der Waals surface area (Å²) in [5.74, 6) is 1.35. The van der Waals surface area contributed by atoms with E-state index in [1.807, 2.05) is 12.1 Å². The van der Waals surface area contributed by atoms with Crippen molar-refractivity contribution in [3.8, 4) is 11.5 Å². The minimum atomic E-state index is 0.00447. The minimum Gasteiger partial charge on any atom is -0.497 e. The van der Waals surface area contributed by atoms with E-state index in [9.17, 15) is 4.79 Å². The van der Waals surface area contributed by atoms with Crippen molar-refractivity contribution in [2.75, 3.05) is 13.7 Å². The molecule has 0 saturated carbocycles. The summed E-state index contributed by atoms with van der Waals surface area (Å²) >= 11 is 0. The van der Waals surface area contributed by atoms with Crippen LogP contribution in [-0.4, -0.2) is 19.5 Å². The fourth-order valence-corrected chi connectivity index (χ4v) is 2.46. The average molecular weight is 306 g/mol. The van der Waals surface area contributed by atoms with Crippen LogP contribution in [0.3, 0.4) is 0 Å². The number of hydrogen-bond donors (Lipinski definition) is 0. The second-order valence-corrected chi connectivity index (χ2v) is 5.74. The van der Waals surface area contributed by atoms with Crippen molar-refractivity contribution >= 4 is 5.78 Å². The van der Waals surface area contributed by atoms with E-state index in [4.69, 9.17) is 9.47 Å². The summed E-state index contributed by atoms with van der Waals surface area (Å²) in [5, 5.41) is 0. The van der Waals surface area contributed by atoms with Crippen molar-refractivity contribution < 1.29 is 14.3 Å². The molecule has 124 valence electrons. The van der Waals surface area contributed by atoms with Crippen molar-refractivity contribution in [3.63, 3.8) is 0 Å². The van der Waals surface area contributed by atoms with Crippen molar-refractivity contribution in [2.24, 2.45) is 0 Å². The molecule has 0 unspecified atom stereocenters. The fraction of sp³-hybridized carbons (Fsp3) is 0.632. The summed E-state index contributed by atoms with van der Waals surface area (Å²) in [7, 11) is 1.60. The predicted octanol–water partition coefficient (Wildman–Crippen LogP) is 5.42. The van der Waals surface area contributed by atoms with E-state index in [1.54, 1.807) is 20.1 Å². The molecule has 0 amide bonds. The summed E-state index contributed by atoms with van der Waals surface area (Å²) in [6.07, 6.45) is 10.2. The van der Waals surface area contributed by atoms with Gasteiger partial charge in [0.15, 0.2) is 5.78 Å². The number of Topliss-reactive ketones (excluding diaryl/α,β-unsaturated/α-hetero) is 1. The third-order valence-electron chi connectivity index (χ3n) is 3.82. The lowest BCUT2D eigenvalue weighted by Gasteiger charge is -2.11. The topological polar surface area (TPSA) is 35.5 Å². The van der Waals surface area contributed by atoms with Crippen molar-refractivity contribution in [1.29, 1.82) is 0 Å². The first-order valence-electron chi connectivity index (χ1n) is 8.50. The standard InChI is InChI=1S/C19H30O3/c1-4-5-6-7-8-9-10-11-14-22-19-13-12-17(21-3)15-18(19)16(2)20/h12-13,15H,4-11,14H2,1-3H3. The molecule has 0 aliphatic carbocycles. The van der Waals surface area contributed by atoms with Gasteiger partial charge >= 0.3 is 0 Å². The molecule has 0 aliphatic rings. The Labute approximate surface area is 135 Å². The molecule has 0 N–H and O–H groups in total. The molecule has 0 saturated heterocycles. The van der Waals surface area contributed by atoms with Gasteiger partial charge in [-0.25, -0.2) is 0 Å². The van der Waals surface area contributed by atoms with Crippen LogP contribution in [0.1, 0.15) is 75.6 Å². The van der Waals surface area contributed by atoms with E-state index in [-0.39, 0.29) is 5.78 Å². The van der Waals surface area contributed by atoms with E-state index in [1.165, 1.54) is 44.9 Å². The van der Waals surface area contributed by atoms with Gasteiger partial charge in [0.2, 0.25) is 0 Å². The predicted molar refractivity (Wildman–Crippen MR) is 91.1 cm³/mol. The molecule has 3 heteroatoms. The van der Waals surface area contributed by atoms with Gasteiger partial charge in [-0.15, -0.1) is 0 Å². The first-order chi connectivity index (χ1) is 10.7. The second-order valence-electron chi connectivity index (χ2n) is 5.74. The number of hydrogen-bond acceptors (Lipinski definition) is 3. The van der Waals surface area contributed by atoms with Crippen LogP contribution in [0.15, 0.2) is 18.2 Å².